The maximum atomic E-state index is 12.4. The molecule has 0 unspecified atom stereocenters. The van der Waals surface area contributed by atoms with Crippen LogP contribution in [0.15, 0.2) is 18.2 Å². The second-order valence-corrected chi connectivity index (χ2v) is 4.71. The van der Waals surface area contributed by atoms with Gasteiger partial charge in [-0.3, -0.25) is 9.59 Å². The van der Waals surface area contributed by atoms with Crippen molar-refractivity contribution < 1.29 is 9.59 Å². The molecule has 6 heteroatoms. The molecule has 0 radical (unpaired) electrons. The van der Waals surface area contributed by atoms with Crippen LogP contribution in [-0.2, 0) is 11.2 Å². The van der Waals surface area contributed by atoms with Crippen LogP contribution in [0.3, 0.4) is 0 Å². The van der Waals surface area contributed by atoms with Crippen LogP contribution in [0, 0.1) is 22.7 Å². The minimum absolute atomic E-state index is 0.0829. The lowest BCUT2D eigenvalue weighted by Gasteiger charge is -2.20. The van der Waals surface area contributed by atoms with Gasteiger partial charge in [-0.25, -0.2) is 0 Å². The van der Waals surface area contributed by atoms with E-state index in [2.05, 4.69) is 5.32 Å². The van der Waals surface area contributed by atoms with Gasteiger partial charge >= 0.3 is 0 Å². The van der Waals surface area contributed by atoms with Crippen molar-refractivity contribution in [3.05, 3.63) is 29.3 Å². The van der Waals surface area contributed by atoms with Gasteiger partial charge in [0.25, 0.3) is 5.91 Å². The average molecular weight is 282 g/mol. The Morgan fingerprint density at radius 2 is 1.90 bits per heavy atom. The molecule has 1 aromatic carbocycles. The van der Waals surface area contributed by atoms with E-state index in [4.69, 9.17) is 10.5 Å². The molecule has 0 fully saturated rings. The van der Waals surface area contributed by atoms with Gasteiger partial charge in [-0.1, -0.05) is 6.07 Å². The maximum Gasteiger partial charge on any atom is 0.253 e. The van der Waals surface area contributed by atoms with Gasteiger partial charge in [0.05, 0.1) is 31.4 Å². The fraction of sp³-hybridized carbons (Fsp3) is 0.333. The van der Waals surface area contributed by atoms with Crippen LogP contribution >= 0.6 is 0 Å². The van der Waals surface area contributed by atoms with Crippen LogP contribution in [0.1, 0.15) is 28.8 Å². The fourth-order valence-electron chi connectivity index (χ4n) is 2.21. The lowest BCUT2D eigenvalue weighted by Crippen LogP contribution is -2.32. The molecule has 2 rings (SSSR count). The molecule has 0 saturated heterocycles. The van der Waals surface area contributed by atoms with Crippen molar-refractivity contribution in [2.75, 3.05) is 18.4 Å². The van der Waals surface area contributed by atoms with Gasteiger partial charge in [-0.2, -0.15) is 10.5 Å². The third-order valence-electron chi connectivity index (χ3n) is 3.26. The Labute approximate surface area is 122 Å². The Kier molecular flexibility index (Phi) is 4.53. The summed E-state index contributed by atoms with van der Waals surface area (Å²) in [5.41, 5.74) is 1.98. The quantitative estimate of drug-likeness (QED) is 0.883. The molecule has 1 aromatic rings. The molecule has 1 aliphatic rings. The van der Waals surface area contributed by atoms with Gasteiger partial charge in [0.1, 0.15) is 0 Å². The minimum Gasteiger partial charge on any atom is -0.337 e. The smallest absolute Gasteiger partial charge is 0.253 e. The normalized spacial score (nSPS) is 12.0. The van der Waals surface area contributed by atoms with Crippen LogP contribution < -0.4 is 5.32 Å². The standard InChI is InChI=1S/C15H14N4O2/c16-5-1-7-19(8-2-6-17)15(21)12-4-3-11-10-14(20)18-13(11)9-12/h3-4,9H,1-2,7-8,10H2,(H,18,20). The maximum absolute atomic E-state index is 12.4. The predicted octanol–water partition coefficient (Wildman–Crippen LogP) is 1.45. The topological polar surface area (TPSA) is 97.0 Å². The zero-order chi connectivity index (χ0) is 15.2. The molecule has 0 spiro atoms. The largest absolute Gasteiger partial charge is 0.337 e. The molecule has 0 saturated carbocycles. The zero-order valence-electron chi connectivity index (χ0n) is 11.4. The zero-order valence-corrected chi connectivity index (χ0v) is 11.4. The number of benzene rings is 1. The van der Waals surface area contributed by atoms with Gasteiger partial charge in [-0.05, 0) is 17.7 Å². The first kappa shape index (κ1) is 14.5. The van der Waals surface area contributed by atoms with Crippen LogP contribution in [0.25, 0.3) is 0 Å². The Balaban J connectivity index is 2.17. The molecule has 0 aliphatic carbocycles. The Morgan fingerprint density at radius 3 is 2.52 bits per heavy atom. The van der Waals surface area contributed by atoms with E-state index in [9.17, 15) is 9.59 Å². The van der Waals surface area contributed by atoms with E-state index in [1.807, 2.05) is 12.1 Å². The summed E-state index contributed by atoms with van der Waals surface area (Å²) in [5, 5.41) is 20.0. The molecular weight excluding hydrogens is 268 g/mol. The summed E-state index contributed by atoms with van der Waals surface area (Å²) in [6.07, 6.45) is 0.772. The van der Waals surface area contributed by atoms with E-state index >= 15 is 0 Å². The molecule has 6 nitrogen and oxygen atoms in total. The van der Waals surface area contributed by atoms with E-state index in [0.29, 0.717) is 30.8 Å². The second kappa shape index (κ2) is 6.53. The third kappa shape index (κ3) is 3.37. The van der Waals surface area contributed by atoms with Crippen molar-refractivity contribution in [3.63, 3.8) is 0 Å². The highest BCUT2D eigenvalue weighted by Crippen LogP contribution is 2.24. The number of hydrogen-bond acceptors (Lipinski definition) is 4. The van der Waals surface area contributed by atoms with E-state index in [1.54, 1.807) is 18.2 Å². The summed E-state index contributed by atoms with van der Waals surface area (Å²) >= 11 is 0. The molecule has 2 amide bonds. The number of nitrogens with zero attached hydrogens (tertiary/aromatic N) is 3. The van der Waals surface area contributed by atoms with Crippen molar-refractivity contribution in [1.29, 1.82) is 10.5 Å². The van der Waals surface area contributed by atoms with Crippen molar-refractivity contribution in [2.45, 2.75) is 19.3 Å². The minimum atomic E-state index is -0.232. The first-order chi connectivity index (χ1) is 10.2. The number of carbonyl (C=O) groups is 2. The number of carbonyl (C=O) groups excluding carboxylic acids is 2. The Bertz CT molecular complexity index is 637. The predicted molar refractivity (Wildman–Crippen MR) is 75.1 cm³/mol. The van der Waals surface area contributed by atoms with Gasteiger partial charge in [0.15, 0.2) is 0 Å². The summed E-state index contributed by atoms with van der Waals surface area (Å²) in [6.45, 7) is 0.584. The molecule has 106 valence electrons. The highest BCUT2D eigenvalue weighted by atomic mass is 16.2. The first-order valence-corrected chi connectivity index (χ1v) is 6.61. The Hall–Kier alpha value is -2.86. The summed E-state index contributed by atoms with van der Waals surface area (Å²) in [4.78, 5) is 25.2. The van der Waals surface area contributed by atoms with Crippen molar-refractivity contribution in [1.82, 2.24) is 4.90 Å². The fourth-order valence-corrected chi connectivity index (χ4v) is 2.21. The summed E-state index contributed by atoms with van der Waals surface area (Å²) in [5.74, 6) is -0.315. The number of rotatable bonds is 5. The summed E-state index contributed by atoms with van der Waals surface area (Å²) < 4.78 is 0. The summed E-state index contributed by atoms with van der Waals surface area (Å²) in [6, 6.07) is 9.07. The number of amides is 2. The van der Waals surface area contributed by atoms with E-state index < -0.39 is 0 Å². The van der Waals surface area contributed by atoms with Gasteiger partial charge < -0.3 is 10.2 Å². The van der Waals surface area contributed by atoms with Crippen molar-refractivity contribution in [2.24, 2.45) is 0 Å². The number of anilines is 1. The van der Waals surface area contributed by atoms with Crippen LogP contribution in [-0.4, -0.2) is 29.8 Å². The molecule has 0 atom stereocenters. The molecule has 0 aromatic heterocycles. The van der Waals surface area contributed by atoms with Gasteiger partial charge in [0, 0.05) is 24.3 Å². The lowest BCUT2D eigenvalue weighted by atomic mass is 10.1. The molecule has 1 aliphatic heterocycles. The number of fused-ring (bicyclic) bond motifs is 1. The monoisotopic (exact) mass is 282 g/mol. The van der Waals surface area contributed by atoms with Crippen LogP contribution in [0.2, 0.25) is 0 Å². The Morgan fingerprint density at radius 1 is 1.24 bits per heavy atom. The van der Waals surface area contributed by atoms with E-state index in [-0.39, 0.29) is 24.7 Å². The molecule has 21 heavy (non-hydrogen) atoms. The number of hydrogen-bond donors (Lipinski definition) is 1. The average Bonchev–Trinajstić information content (AvgIpc) is 2.85. The number of nitrogens with one attached hydrogen (secondary N) is 1. The van der Waals surface area contributed by atoms with Crippen molar-refractivity contribution in [3.8, 4) is 12.1 Å². The van der Waals surface area contributed by atoms with Gasteiger partial charge in [-0.15, -0.1) is 0 Å². The number of nitriles is 2. The van der Waals surface area contributed by atoms with Crippen LogP contribution in [0.5, 0.6) is 0 Å². The molecule has 1 N–H and O–H groups in total. The molecule has 1 heterocycles. The first-order valence-electron chi connectivity index (χ1n) is 6.61. The van der Waals surface area contributed by atoms with Crippen LogP contribution in [0.4, 0.5) is 5.69 Å². The highest BCUT2D eigenvalue weighted by Gasteiger charge is 2.21. The highest BCUT2D eigenvalue weighted by molar-refractivity contribution is 6.02. The molecular formula is C15H14N4O2. The molecule has 0 bridgehead atoms. The third-order valence-corrected chi connectivity index (χ3v) is 3.26. The lowest BCUT2D eigenvalue weighted by molar-refractivity contribution is -0.115. The summed E-state index contributed by atoms with van der Waals surface area (Å²) in [7, 11) is 0. The van der Waals surface area contributed by atoms with E-state index in [0.717, 1.165) is 5.56 Å². The second-order valence-electron chi connectivity index (χ2n) is 4.71. The van der Waals surface area contributed by atoms with Crippen molar-refractivity contribution >= 4 is 17.5 Å². The van der Waals surface area contributed by atoms with E-state index in [1.165, 1.54) is 4.90 Å². The van der Waals surface area contributed by atoms with Gasteiger partial charge in [0.2, 0.25) is 5.91 Å². The SMILES string of the molecule is N#CCCN(CCC#N)C(=O)c1ccc2c(c1)NC(=O)C2.